The maximum atomic E-state index is 5.32. The molecule has 2 heterocycles. The number of pyridine rings is 1. The number of aromatic nitrogens is 3. The minimum absolute atomic E-state index is 0.333. The van der Waals surface area contributed by atoms with Crippen LogP contribution in [-0.4, -0.2) is 47.8 Å². The Morgan fingerprint density at radius 3 is 2.68 bits per heavy atom. The SMILES string of the molecule is CN=C(NCc1ccc(-n2ccnc2C)nc1)NCC1(CCOC)CCCC1. The predicted octanol–water partition coefficient (Wildman–Crippen LogP) is 2.84. The summed E-state index contributed by atoms with van der Waals surface area (Å²) in [6, 6.07) is 4.10. The Morgan fingerprint density at radius 2 is 2.07 bits per heavy atom. The van der Waals surface area contributed by atoms with Gasteiger partial charge in [-0.2, -0.15) is 0 Å². The van der Waals surface area contributed by atoms with Crippen LogP contribution in [0.4, 0.5) is 0 Å². The predicted molar refractivity (Wildman–Crippen MR) is 112 cm³/mol. The summed E-state index contributed by atoms with van der Waals surface area (Å²) in [6.07, 6.45) is 11.9. The topological polar surface area (TPSA) is 76.4 Å². The summed E-state index contributed by atoms with van der Waals surface area (Å²) in [5.41, 5.74) is 1.44. The fourth-order valence-electron chi connectivity index (χ4n) is 3.92. The molecule has 1 aliphatic carbocycles. The second-order valence-electron chi connectivity index (χ2n) is 7.60. The number of hydrogen-bond donors (Lipinski definition) is 2. The van der Waals surface area contributed by atoms with Gasteiger partial charge in [0, 0.05) is 52.4 Å². The maximum absolute atomic E-state index is 5.32. The molecular weight excluding hydrogens is 352 g/mol. The number of rotatable bonds is 8. The molecule has 0 saturated heterocycles. The van der Waals surface area contributed by atoms with Gasteiger partial charge in [0.05, 0.1) is 0 Å². The Hall–Kier alpha value is -2.41. The minimum atomic E-state index is 0.333. The molecule has 2 N–H and O–H groups in total. The molecule has 0 radical (unpaired) electrons. The number of nitrogens with zero attached hydrogens (tertiary/aromatic N) is 4. The van der Waals surface area contributed by atoms with E-state index in [2.05, 4.69) is 31.7 Å². The van der Waals surface area contributed by atoms with Gasteiger partial charge in [0.1, 0.15) is 11.6 Å². The molecule has 7 nitrogen and oxygen atoms in total. The number of methoxy groups -OCH3 is 1. The fraction of sp³-hybridized carbons (Fsp3) is 0.571. The molecule has 28 heavy (non-hydrogen) atoms. The van der Waals surface area contributed by atoms with Gasteiger partial charge < -0.3 is 15.4 Å². The van der Waals surface area contributed by atoms with Crippen LogP contribution in [-0.2, 0) is 11.3 Å². The van der Waals surface area contributed by atoms with Gasteiger partial charge in [0.2, 0.25) is 0 Å². The van der Waals surface area contributed by atoms with Crippen LogP contribution in [0.15, 0.2) is 35.7 Å². The largest absolute Gasteiger partial charge is 0.385 e. The zero-order valence-corrected chi connectivity index (χ0v) is 17.2. The molecule has 2 aromatic heterocycles. The maximum Gasteiger partial charge on any atom is 0.191 e. The van der Waals surface area contributed by atoms with Crippen LogP contribution in [0.2, 0.25) is 0 Å². The van der Waals surface area contributed by atoms with Crippen LogP contribution < -0.4 is 10.6 Å². The van der Waals surface area contributed by atoms with E-state index in [-0.39, 0.29) is 0 Å². The van der Waals surface area contributed by atoms with E-state index in [0.717, 1.165) is 42.7 Å². The molecule has 7 heteroatoms. The Labute approximate surface area is 167 Å². The van der Waals surface area contributed by atoms with Crippen molar-refractivity contribution >= 4 is 5.96 Å². The zero-order chi connectivity index (χ0) is 19.8. The van der Waals surface area contributed by atoms with Crippen molar-refractivity contribution in [2.75, 3.05) is 27.3 Å². The highest BCUT2D eigenvalue weighted by Crippen LogP contribution is 2.40. The molecule has 0 spiro atoms. The van der Waals surface area contributed by atoms with Crippen LogP contribution >= 0.6 is 0 Å². The first kappa shape index (κ1) is 20.3. The van der Waals surface area contributed by atoms with Gasteiger partial charge >= 0.3 is 0 Å². The third-order valence-corrected chi connectivity index (χ3v) is 5.70. The Kier molecular flexibility index (Phi) is 7.03. The first-order valence-corrected chi connectivity index (χ1v) is 10.0. The van der Waals surface area contributed by atoms with Crippen LogP contribution in [0.25, 0.3) is 5.82 Å². The normalized spacial score (nSPS) is 16.3. The number of aryl methyl sites for hydroxylation is 1. The van der Waals surface area contributed by atoms with Crippen molar-refractivity contribution in [3.63, 3.8) is 0 Å². The number of nitrogens with one attached hydrogen (secondary N) is 2. The van der Waals surface area contributed by atoms with Gasteiger partial charge in [-0.05, 0) is 43.2 Å². The van der Waals surface area contributed by atoms with Crippen LogP contribution in [0.5, 0.6) is 0 Å². The number of imidazole rings is 1. The summed E-state index contributed by atoms with van der Waals surface area (Å²) in [5, 5.41) is 6.92. The first-order chi connectivity index (χ1) is 13.7. The Balaban J connectivity index is 1.52. The van der Waals surface area contributed by atoms with Gasteiger partial charge in [-0.15, -0.1) is 0 Å². The molecule has 0 atom stereocenters. The molecule has 0 unspecified atom stereocenters. The molecule has 152 valence electrons. The van der Waals surface area contributed by atoms with Crippen LogP contribution in [0.1, 0.15) is 43.5 Å². The second kappa shape index (κ2) is 9.68. The molecule has 0 bridgehead atoms. The van der Waals surface area contributed by atoms with Crippen LogP contribution in [0, 0.1) is 12.3 Å². The third-order valence-electron chi connectivity index (χ3n) is 5.70. The van der Waals surface area contributed by atoms with Crippen molar-refractivity contribution in [1.29, 1.82) is 0 Å². The molecule has 1 aliphatic rings. The average Bonchev–Trinajstić information content (AvgIpc) is 3.36. The summed E-state index contributed by atoms with van der Waals surface area (Å²) < 4.78 is 7.30. The van der Waals surface area contributed by atoms with E-state index in [1.807, 2.05) is 37.0 Å². The van der Waals surface area contributed by atoms with Crippen molar-refractivity contribution in [1.82, 2.24) is 25.2 Å². The molecule has 0 aromatic carbocycles. The number of ether oxygens (including phenoxy) is 1. The van der Waals surface area contributed by atoms with E-state index in [1.165, 1.54) is 25.7 Å². The molecule has 0 amide bonds. The van der Waals surface area contributed by atoms with Gasteiger partial charge in [-0.1, -0.05) is 18.9 Å². The van der Waals surface area contributed by atoms with Crippen molar-refractivity contribution in [2.24, 2.45) is 10.4 Å². The van der Waals surface area contributed by atoms with E-state index < -0.39 is 0 Å². The third kappa shape index (κ3) is 5.10. The lowest BCUT2D eigenvalue weighted by Crippen LogP contribution is -2.43. The monoisotopic (exact) mass is 384 g/mol. The molecule has 2 aromatic rings. The quantitative estimate of drug-likeness (QED) is 0.541. The molecule has 1 fully saturated rings. The average molecular weight is 385 g/mol. The number of aliphatic imine (C=N–C) groups is 1. The Morgan fingerprint density at radius 1 is 1.25 bits per heavy atom. The minimum Gasteiger partial charge on any atom is -0.385 e. The molecule has 0 aliphatic heterocycles. The van der Waals surface area contributed by atoms with Crippen molar-refractivity contribution < 1.29 is 4.74 Å². The highest BCUT2D eigenvalue weighted by molar-refractivity contribution is 5.79. The first-order valence-electron chi connectivity index (χ1n) is 10.0. The summed E-state index contributed by atoms with van der Waals surface area (Å²) in [7, 11) is 3.60. The summed E-state index contributed by atoms with van der Waals surface area (Å²) >= 11 is 0. The van der Waals surface area contributed by atoms with Gasteiger partial charge in [-0.3, -0.25) is 9.56 Å². The number of guanidine groups is 1. The molecular formula is C21H32N6O. The lowest BCUT2D eigenvalue weighted by molar-refractivity contribution is 0.138. The van der Waals surface area contributed by atoms with Crippen molar-refractivity contribution in [2.45, 2.75) is 45.6 Å². The van der Waals surface area contributed by atoms with Gasteiger partial charge in [0.15, 0.2) is 5.96 Å². The van der Waals surface area contributed by atoms with Crippen LogP contribution in [0.3, 0.4) is 0 Å². The Bertz CT molecular complexity index is 761. The van der Waals surface area contributed by atoms with Crippen molar-refractivity contribution in [3.05, 3.63) is 42.1 Å². The molecule has 1 saturated carbocycles. The van der Waals surface area contributed by atoms with Crippen molar-refractivity contribution in [3.8, 4) is 5.82 Å². The van der Waals surface area contributed by atoms with E-state index in [9.17, 15) is 0 Å². The van der Waals surface area contributed by atoms with Gasteiger partial charge in [-0.25, -0.2) is 9.97 Å². The summed E-state index contributed by atoms with van der Waals surface area (Å²) in [5.74, 6) is 2.64. The van der Waals surface area contributed by atoms with E-state index >= 15 is 0 Å². The lowest BCUT2D eigenvalue weighted by Gasteiger charge is -2.30. The summed E-state index contributed by atoms with van der Waals surface area (Å²) in [4.78, 5) is 13.2. The fourth-order valence-corrected chi connectivity index (χ4v) is 3.92. The highest BCUT2D eigenvalue weighted by Gasteiger charge is 2.33. The van der Waals surface area contributed by atoms with Gasteiger partial charge in [0.25, 0.3) is 0 Å². The van der Waals surface area contributed by atoms with E-state index in [0.29, 0.717) is 12.0 Å². The summed E-state index contributed by atoms with van der Waals surface area (Å²) in [6.45, 7) is 4.41. The van der Waals surface area contributed by atoms with E-state index in [1.54, 1.807) is 13.3 Å². The number of hydrogen-bond acceptors (Lipinski definition) is 4. The second-order valence-corrected chi connectivity index (χ2v) is 7.60. The van der Waals surface area contributed by atoms with E-state index in [4.69, 9.17) is 4.74 Å². The standard InChI is InChI=1S/C21H32N6O/c1-17-23-11-12-27(17)19-7-6-18(14-24-19)15-25-20(22-2)26-16-21(10-13-28-3)8-4-5-9-21/h6-7,11-12,14H,4-5,8-10,13,15-16H2,1-3H3,(H2,22,25,26). The zero-order valence-electron chi connectivity index (χ0n) is 17.2. The highest BCUT2D eigenvalue weighted by atomic mass is 16.5. The molecule has 3 rings (SSSR count). The smallest absolute Gasteiger partial charge is 0.191 e. The lowest BCUT2D eigenvalue weighted by atomic mass is 9.83.